The van der Waals surface area contributed by atoms with Crippen LogP contribution in [-0.4, -0.2) is 18.7 Å². The summed E-state index contributed by atoms with van der Waals surface area (Å²) in [5.41, 5.74) is 1.24. The maximum atomic E-state index is 9.19. The van der Waals surface area contributed by atoms with Gasteiger partial charge in [0.05, 0.1) is 12.0 Å². The van der Waals surface area contributed by atoms with Crippen molar-refractivity contribution in [2.24, 2.45) is 5.92 Å². The van der Waals surface area contributed by atoms with E-state index in [0.29, 0.717) is 12.6 Å². The van der Waals surface area contributed by atoms with E-state index in [0.717, 1.165) is 18.6 Å². The standard InChI is InChI=1S/C17H24N2O/c1-13-7-9-16(10-8-13)20-12-14(2)19-17-6-4-3-5-15(17)11-18/h7-10,14-15,17,19H,3-6,12H2,1-2H3. The second kappa shape index (κ2) is 7.31. The fourth-order valence-electron chi connectivity index (χ4n) is 2.75. The lowest BCUT2D eigenvalue weighted by Gasteiger charge is -2.30. The largest absolute Gasteiger partial charge is 0.492 e. The number of rotatable bonds is 5. The van der Waals surface area contributed by atoms with Gasteiger partial charge in [0.25, 0.3) is 0 Å². The third-order valence-corrected chi connectivity index (χ3v) is 3.95. The van der Waals surface area contributed by atoms with E-state index >= 15 is 0 Å². The zero-order valence-corrected chi connectivity index (χ0v) is 12.4. The molecule has 0 aromatic heterocycles. The van der Waals surface area contributed by atoms with Gasteiger partial charge < -0.3 is 10.1 Å². The van der Waals surface area contributed by atoms with Crippen LogP contribution in [0.3, 0.4) is 0 Å². The van der Waals surface area contributed by atoms with Crippen LogP contribution >= 0.6 is 0 Å². The van der Waals surface area contributed by atoms with Crippen LogP contribution in [0.1, 0.15) is 38.2 Å². The van der Waals surface area contributed by atoms with Crippen molar-refractivity contribution < 1.29 is 4.74 Å². The second-order valence-electron chi connectivity index (χ2n) is 5.82. The molecule has 1 N–H and O–H groups in total. The van der Waals surface area contributed by atoms with E-state index in [9.17, 15) is 5.26 Å². The first-order chi connectivity index (χ1) is 9.69. The van der Waals surface area contributed by atoms with Gasteiger partial charge in [-0.05, 0) is 38.8 Å². The van der Waals surface area contributed by atoms with Crippen LogP contribution < -0.4 is 10.1 Å². The molecule has 0 saturated heterocycles. The predicted molar refractivity (Wildman–Crippen MR) is 80.6 cm³/mol. The normalized spacial score (nSPS) is 23.9. The van der Waals surface area contributed by atoms with E-state index in [-0.39, 0.29) is 12.0 Å². The van der Waals surface area contributed by atoms with Gasteiger partial charge in [0.2, 0.25) is 0 Å². The van der Waals surface area contributed by atoms with Crippen molar-refractivity contribution in [1.82, 2.24) is 5.32 Å². The predicted octanol–water partition coefficient (Wildman–Crippen LogP) is 3.43. The summed E-state index contributed by atoms with van der Waals surface area (Å²) in [6, 6.07) is 11.1. The summed E-state index contributed by atoms with van der Waals surface area (Å²) in [6.45, 7) is 4.83. The van der Waals surface area contributed by atoms with Crippen LogP contribution in [0.4, 0.5) is 0 Å². The highest BCUT2D eigenvalue weighted by Gasteiger charge is 2.25. The summed E-state index contributed by atoms with van der Waals surface area (Å²) in [6.07, 6.45) is 4.54. The van der Waals surface area contributed by atoms with Gasteiger partial charge in [-0.2, -0.15) is 5.26 Å². The molecule has 3 atom stereocenters. The molecule has 1 aromatic carbocycles. The summed E-state index contributed by atoms with van der Waals surface area (Å²) >= 11 is 0. The maximum Gasteiger partial charge on any atom is 0.119 e. The molecule has 0 aliphatic heterocycles. The average molecular weight is 272 g/mol. The minimum atomic E-state index is 0.158. The molecule has 108 valence electrons. The number of hydrogen-bond donors (Lipinski definition) is 1. The van der Waals surface area contributed by atoms with Crippen LogP contribution in [-0.2, 0) is 0 Å². The van der Waals surface area contributed by atoms with Gasteiger partial charge in [-0.25, -0.2) is 0 Å². The lowest BCUT2D eigenvalue weighted by atomic mass is 9.85. The van der Waals surface area contributed by atoms with E-state index < -0.39 is 0 Å². The van der Waals surface area contributed by atoms with E-state index in [4.69, 9.17) is 4.74 Å². The molecule has 1 aliphatic carbocycles. The average Bonchev–Trinajstić information content (AvgIpc) is 2.47. The van der Waals surface area contributed by atoms with Crippen LogP contribution in [0, 0.1) is 24.2 Å². The minimum absolute atomic E-state index is 0.158. The third-order valence-electron chi connectivity index (χ3n) is 3.95. The Balaban J connectivity index is 1.78. The second-order valence-corrected chi connectivity index (χ2v) is 5.82. The SMILES string of the molecule is Cc1ccc(OCC(C)NC2CCCCC2C#N)cc1. The van der Waals surface area contributed by atoms with Gasteiger partial charge >= 0.3 is 0 Å². The van der Waals surface area contributed by atoms with Crippen LogP contribution in [0.15, 0.2) is 24.3 Å². The molecule has 3 unspecified atom stereocenters. The Kier molecular flexibility index (Phi) is 5.43. The molecule has 0 heterocycles. The minimum Gasteiger partial charge on any atom is -0.492 e. The fourth-order valence-corrected chi connectivity index (χ4v) is 2.75. The van der Waals surface area contributed by atoms with E-state index in [1.165, 1.54) is 18.4 Å². The number of nitriles is 1. The molecule has 1 aromatic rings. The molecule has 0 bridgehead atoms. The topological polar surface area (TPSA) is 45.0 Å². The van der Waals surface area contributed by atoms with Crippen molar-refractivity contribution in [2.75, 3.05) is 6.61 Å². The van der Waals surface area contributed by atoms with Crippen molar-refractivity contribution in [3.8, 4) is 11.8 Å². The Morgan fingerprint density at radius 3 is 2.70 bits per heavy atom. The Morgan fingerprint density at radius 2 is 2.00 bits per heavy atom. The lowest BCUT2D eigenvalue weighted by Crippen LogP contribution is -2.45. The molecule has 2 rings (SSSR count). The molecule has 0 radical (unpaired) electrons. The van der Waals surface area contributed by atoms with Gasteiger partial charge in [-0.15, -0.1) is 0 Å². The summed E-state index contributed by atoms with van der Waals surface area (Å²) in [7, 11) is 0. The van der Waals surface area contributed by atoms with Gasteiger partial charge in [0.1, 0.15) is 12.4 Å². The monoisotopic (exact) mass is 272 g/mol. The number of nitrogens with zero attached hydrogens (tertiary/aromatic N) is 1. The Morgan fingerprint density at radius 1 is 1.30 bits per heavy atom. The number of aryl methyl sites for hydroxylation is 1. The molecule has 1 fully saturated rings. The summed E-state index contributed by atoms with van der Waals surface area (Å²) in [4.78, 5) is 0. The molecule has 1 aliphatic rings. The highest BCUT2D eigenvalue weighted by atomic mass is 16.5. The first-order valence-corrected chi connectivity index (χ1v) is 7.54. The van der Waals surface area contributed by atoms with Crippen LogP contribution in [0.2, 0.25) is 0 Å². The van der Waals surface area contributed by atoms with Gasteiger partial charge in [-0.3, -0.25) is 0 Å². The first kappa shape index (κ1) is 14.9. The van der Waals surface area contributed by atoms with Crippen molar-refractivity contribution in [1.29, 1.82) is 5.26 Å². The van der Waals surface area contributed by atoms with Crippen molar-refractivity contribution in [3.63, 3.8) is 0 Å². The molecule has 3 heteroatoms. The van der Waals surface area contributed by atoms with Crippen LogP contribution in [0.5, 0.6) is 5.75 Å². The van der Waals surface area contributed by atoms with E-state index in [1.54, 1.807) is 0 Å². The van der Waals surface area contributed by atoms with E-state index in [2.05, 4.69) is 37.4 Å². The molecular weight excluding hydrogens is 248 g/mol. The molecule has 20 heavy (non-hydrogen) atoms. The Labute approximate surface area is 121 Å². The smallest absolute Gasteiger partial charge is 0.119 e. The fraction of sp³-hybridized carbons (Fsp3) is 0.588. The van der Waals surface area contributed by atoms with Crippen molar-refractivity contribution >= 4 is 0 Å². The zero-order valence-electron chi connectivity index (χ0n) is 12.4. The summed E-state index contributed by atoms with van der Waals surface area (Å²) in [5, 5.41) is 12.7. The number of hydrogen-bond acceptors (Lipinski definition) is 3. The number of ether oxygens (including phenoxy) is 1. The molecule has 0 spiro atoms. The number of benzene rings is 1. The van der Waals surface area contributed by atoms with Gasteiger partial charge in [0.15, 0.2) is 0 Å². The molecule has 1 saturated carbocycles. The van der Waals surface area contributed by atoms with E-state index in [1.807, 2.05) is 12.1 Å². The Hall–Kier alpha value is -1.53. The first-order valence-electron chi connectivity index (χ1n) is 7.54. The molecular formula is C17H24N2O. The zero-order chi connectivity index (χ0) is 14.4. The Bertz CT molecular complexity index is 449. The van der Waals surface area contributed by atoms with Crippen molar-refractivity contribution in [2.45, 2.75) is 51.6 Å². The summed E-state index contributed by atoms with van der Waals surface area (Å²) in [5.74, 6) is 1.07. The maximum absolute atomic E-state index is 9.19. The quantitative estimate of drug-likeness (QED) is 0.893. The number of nitrogens with one attached hydrogen (secondary N) is 1. The highest BCUT2D eigenvalue weighted by molar-refractivity contribution is 5.26. The molecule has 3 nitrogen and oxygen atoms in total. The third kappa shape index (κ3) is 4.25. The van der Waals surface area contributed by atoms with Gasteiger partial charge in [-0.1, -0.05) is 30.5 Å². The summed E-state index contributed by atoms with van der Waals surface area (Å²) < 4.78 is 5.79. The van der Waals surface area contributed by atoms with Gasteiger partial charge in [0, 0.05) is 12.1 Å². The highest BCUT2D eigenvalue weighted by Crippen LogP contribution is 2.24. The van der Waals surface area contributed by atoms with Crippen molar-refractivity contribution in [3.05, 3.63) is 29.8 Å². The lowest BCUT2D eigenvalue weighted by molar-refractivity contribution is 0.228. The van der Waals surface area contributed by atoms with Crippen LogP contribution in [0.25, 0.3) is 0 Å². The molecule has 0 amide bonds.